The number of carbonyl (C=O) groups excluding carboxylic acids is 1. The van der Waals surface area contributed by atoms with Crippen LogP contribution in [0.5, 0.6) is 0 Å². The zero-order chi connectivity index (χ0) is 12.8. The van der Waals surface area contributed by atoms with Crippen molar-refractivity contribution in [2.75, 3.05) is 11.9 Å². The van der Waals surface area contributed by atoms with Crippen LogP contribution >= 0.6 is 11.6 Å². The molecule has 0 aliphatic carbocycles. The van der Waals surface area contributed by atoms with Crippen LogP contribution in [0.4, 0.5) is 10.1 Å². The number of anilines is 1. The van der Waals surface area contributed by atoms with Crippen molar-refractivity contribution >= 4 is 23.3 Å². The Labute approximate surface area is 105 Å². The highest BCUT2D eigenvalue weighted by Crippen LogP contribution is 2.20. The Bertz CT molecular complexity index is 398. The fraction of sp³-hybridized carbons (Fsp3) is 0.417. The van der Waals surface area contributed by atoms with E-state index in [9.17, 15) is 9.18 Å². The Morgan fingerprint density at radius 3 is 2.76 bits per heavy atom. The molecule has 5 heteroatoms. The van der Waals surface area contributed by atoms with Gasteiger partial charge in [0.25, 0.3) is 0 Å². The minimum atomic E-state index is -0.550. The van der Waals surface area contributed by atoms with Gasteiger partial charge in [-0.3, -0.25) is 0 Å². The van der Waals surface area contributed by atoms with Gasteiger partial charge in [0.1, 0.15) is 11.9 Å². The molecule has 17 heavy (non-hydrogen) atoms. The molecule has 94 valence electrons. The molecule has 1 unspecified atom stereocenters. The lowest BCUT2D eigenvalue weighted by Crippen LogP contribution is -2.31. The molecule has 1 atom stereocenters. The van der Waals surface area contributed by atoms with Crippen molar-refractivity contribution in [3.05, 3.63) is 29.0 Å². The van der Waals surface area contributed by atoms with E-state index in [1.807, 2.05) is 6.92 Å². The van der Waals surface area contributed by atoms with Gasteiger partial charge >= 0.3 is 5.97 Å². The molecule has 0 spiro atoms. The zero-order valence-electron chi connectivity index (χ0n) is 9.80. The van der Waals surface area contributed by atoms with Crippen molar-refractivity contribution in [3.63, 3.8) is 0 Å². The van der Waals surface area contributed by atoms with Crippen molar-refractivity contribution in [3.8, 4) is 0 Å². The molecule has 3 nitrogen and oxygen atoms in total. The second-order valence-corrected chi connectivity index (χ2v) is 3.92. The van der Waals surface area contributed by atoms with Gasteiger partial charge in [-0.2, -0.15) is 0 Å². The number of nitrogens with one attached hydrogen (secondary N) is 1. The van der Waals surface area contributed by atoms with Crippen LogP contribution in [0.1, 0.15) is 20.3 Å². The smallest absolute Gasteiger partial charge is 0.328 e. The van der Waals surface area contributed by atoms with Gasteiger partial charge in [-0.25, -0.2) is 9.18 Å². The summed E-state index contributed by atoms with van der Waals surface area (Å²) >= 11 is 5.64. The first-order chi connectivity index (χ1) is 8.08. The average Bonchev–Trinajstić information content (AvgIpc) is 2.28. The van der Waals surface area contributed by atoms with Gasteiger partial charge in [0.15, 0.2) is 0 Å². The number of ether oxygens (including phenoxy) is 1. The van der Waals surface area contributed by atoms with E-state index < -0.39 is 11.9 Å². The first kappa shape index (κ1) is 13.8. The van der Waals surface area contributed by atoms with Gasteiger partial charge in [-0.15, -0.1) is 0 Å². The molecule has 0 radical (unpaired) electrons. The first-order valence-corrected chi connectivity index (χ1v) is 5.84. The fourth-order valence-electron chi connectivity index (χ4n) is 1.36. The Morgan fingerprint density at radius 1 is 1.53 bits per heavy atom. The summed E-state index contributed by atoms with van der Waals surface area (Å²) in [6, 6.07) is 3.71. The van der Waals surface area contributed by atoms with Crippen LogP contribution in [0, 0.1) is 5.82 Å². The maximum Gasteiger partial charge on any atom is 0.328 e. The second kappa shape index (κ2) is 6.45. The zero-order valence-corrected chi connectivity index (χ0v) is 10.6. The van der Waals surface area contributed by atoms with Crippen LogP contribution < -0.4 is 5.32 Å². The number of rotatable bonds is 5. The van der Waals surface area contributed by atoms with Crippen LogP contribution in [0.2, 0.25) is 5.02 Å². The summed E-state index contributed by atoms with van der Waals surface area (Å²) in [4.78, 5) is 11.5. The SMILES string of the molecule is CCOC(=O)C(CC)Nc1ccc(Cl)cc1F. The molecule has 0 bridgehead atoms. The number of esters is 1. The van der Waals surface area contributed by atoms with Crippen molar-refractivity contribution in [1.29, 1.82) is 0 Å². The molecule has 1 rings (SSSR count). The van der Waals surface area contributed by atoms with Gasteiger partial charge in [-0.1, -0.05) is 18.5 Å². The third-order valence-corrected chi connectivity index (χ3v) is 2.48. The third kappa shape index (κ3) is 3.89. The molecular weight excluding hydrogens is 245 g/mol. The monoisotopic (exact) mass is 259 g/mol. The molecule has 1 aromatic carbocycles. The Balaban J connectivity index is 2.77. The molecule has 0 saturated carbocycles. The number of carbonyl (C=O) groups is 1. The van der Waals surface area contributed by atoms with Crippen LogP contribution in [0.3, 0.4) is 0 Å². The van der Waals surface area contributed by atoms with Crippen LogP contribution in [-0.4, -0.2) is 18.6 Å². The lowest BCUT2D eigenvalue weighted by molar-refractivity contribution is -0.144. The second-order valence-electron chi connectivity index (χ2n) is 3.48. The highest BCUT2D eigenvalue weighted by atomic mass is 35.5. The average molecular weight is 260 g/mol. The molecule has 1 N–H and O–H groups in total. The van der Waals surface area contributed by atoms with Crippen LogP contribution in [-0.2, 0) is 9.53 Å². The summed E-state index contributed by atoms with van der Waals surface area (Å²) in [5.74, 6) is -0.871. The van der Waals surface area contributed by atoms with Gasteiger partial charge < -0.3 is 10.1 Å². The third-order valence-electron chi connectivity index (χ3n) is 2.24. The predicted octanol–water partition coefficient (Wildman–Crippen LogP) is 3.23. The highest BCUT2D eigenvalue weighted by Gasteiger charge is 2.18. The van der Waals surface area contributed by atoms with Crippen LogP contribution in [0.15, 0.2) is 18.2 Å². The van der Waals surface area contributed by atoms with Crippen LogP contribution in [0.25, 0.3) is 0 Å². The molecule has 0 aliphatic rings. The number of hydrogen-bond donors (Lipinski definition) is 1. The van der Waals surface area contributed by atoms with Gasteiger partial charge in [-0.05, 0) is 31.5 Å². The summed E-state index contributed by atoms with van der Waals surface area (Å²) < 4.78 is 18.4. The minimum absolute atomic E-state index is 0.245. The number of benzene rings is 1. The molecular formula is C12H15ClFNO2. The first-order valence-electron chi connectivity index (χ1n) is 5.46. The van der Waals surface area contributed by atoms with Gasteiger partial charge in [0, 0.05) is 5.02 Å². The van der Waals surface area contributed by atoms with Gasteiger partial charge in [0.2, 0.25) is 0 Å². The lowest BCUT2D eigenvalue weighted by atomic mass is 10.2. The predicted molar refractivity (Wildman–Crippen MR) is 65.7 cm³/mol. The number of halogens is 2. The lowest BCUT2D eigenvalue weighted by Gasteiger charge is -2.17. The summed E-state index contributed by atoms with van der Waals surface area (Å²) in [6.45, 7) is 3.86. The van der Waals surface area contributed by atoms with Gasteiger partial charge in [0.05, 0.1) is 12.3 Å². The van der Waals surface area contributed by atoms with E-state index in [2.05, 4.69) is 5.32 Å². The maximum atomic E-state index is 13.5. The Kier molecular flexibility index (Phi) is 5.22. The van der Waals surface area contributed by atoms with Crippen molar-refractivity contribution in [2.45, 2.75) is 26.3 Å². The Morgan fingerprint density at radius 2 is 2.24 bits per heavy atom. The van der Waals surface area contributed by atoms with E-state index in [-0.39, 0.29) is 11.7 Å². The summed E-state index contributed by atoms with van der Waals surface area (Å²) in [7, 11) is 0. The van der Waals surface area contributed by atoms with E-state index in [0.29, 0.717) is 18.1 Å². The number of hydrogen-bond acceptors (Lipinski definition) is 3. The summed E-state index contributed by atoms with van der Waals surface area (Å²) in [5, 5.41) is 3.12. The standard InChI is InChI=1S/C12H15ClFNO2/c1-3-10(12(16)17-4-2)15-11-6-5-8(13)7-9(11)14/h5-7,10,15H,3-4H2,1-2H3. The molecule has 0 saturated heterocycles. The van der Waals surface area contributed by atoms with E-state index >= 15 is 0 Å². The topological polar surface area (TPSA) is 38.3 Å². The molecule has 1 aromatic rings. The largest absolute Gasteiger partial charge is 0.464 e. The van der Waals surface area contributed by atoms with E-state index in [1.165, 1.54) is 12.1 Å². The molecule has 0 fully saturated rings. The normalized spacial score (nSPS) is 12.0. The van der Waals surface area contributed by atoms with E-state index in [1.54, 1.807) is 13.0 Å². The van der Waals surface area contributed by atoms with Crippen molar-refractivity contribution in [2.24, 2.45) is 0 Å². The molecule has 0 aliphatic heterocycles. The Hall–Kier alpha value is -1.29. The van der Waals surface area contributed by atoms with E-state index in [4.69, 9.17) is 16.3 Å². The molecule has 0 heterocycles. The highest BCUT2D eigenvalue weighted by molar-refractivity contribution is 6.30. The summed E-state index contributed by atoms with van der Waals surface area (Å²) in [5.41, 5.74) is 0.245. The van der Waals surface area contributed by atoms with Crippen molar-refractivity contribution in [1.82, 2.24) is 0 Å². The van der Waals surface area contributed by atoms with E-state index in [0.717, 1.165) is 0 Å². The fourth-order valence-corrected chi connectivity index (χ4v) is 1.52. The quantitative estimate of drug-likeness (QED) is 0.825. The molecule has 0 amide bonds. The molecule has 0 aromatic heterocycles. The summed E-state index contributed by atoms with van der Waals surface area (Å²) in [6.07, 6.45) is 0.515. The van der Waals surface area contributed by atoms with Crippen molar-refractivity contribution < 1.29 is 13.9 Å². The minimum Gasteiger partial charge on any atom is -0.464 e. The maximum absolute atomic E-state index is 13.5.